The fraction of sp³-hybridized carbons (Fsp3) is 0.480. The third-order valence-corrected chi connectivity index (χ3v) is 6.87. The Labute approximate surface area is 203 Å². The van der Waals surface area contributed by atoms with E-state index >= 15 is 0 Å². The molecular weight excluding hydrogens is 462 g/mol. The number of carbonyl (C=O) groups is 1. The predicted octanol–water partition coefficient (Wildman–Crippen LogP) is 1.30. The number of amides is 1. The van der Waals surface area contributed by atoms with Gasteiger partial charge in [-0.3, -0.25) is 4.79 Å². The van der Waals surface area contributed by atoms with Gasteiger partial charge in [-0.25, -0.2) is 0 Å². The number of aliphatic hydroxyl groups excluding tert-OH is 4. The fourth-order valence-electron chi connectivity index (χ4n) is 4.35. The number of likely N-dealkylation sites (tertiary alicyclic amines) is 1. The predicted molar refractivity (Wildman–Crippen MR) is 125 cm³/mol. The third kappa shape index (κ3) is 5.38. The Balaban J connectivity index is 1.39. The molecule has 2 saturated heterocycles. The monoisotopic (exact) mass is 491 g/mol. The largest absolute Gasteiger partial charge is 0.493 e. The van der Waals surface area contributed by atoms with E-state index in [1.54, 1.807) is 30.0 Å². The Morgan fingerprint density at radius 3 is 2.44 bits per heavy atom. The van der Waals surface area contributed by atoms with E-state index in [1.807, 2.05) is 24.3 Å². The molecule has 2 heterocycles. The van der Waals surface area contributed by atoms with Crippen molar-refractivity contribution < 1.29 is 34.7 Å². The second-order valence-corrected chi connectivity index (χ2v) is 9.43. The van der Waals surface area contributed by atoms with Crippen molar-refractivity contribution in [2.45, 2.75) is 43.9 Å². The van der Waals surface area contributed by atoms with Gasteiger partial charge >= 0.3 is 0 Å². The Hall–Kier alpha value is -2.20. The summed E-state index contributed by atoms with van der Waals surface area (Å²) >= 11 is 6.42. The minimum absolute atomic E-state index is 0.0925. The normalized spacial score (nSPS) is 27.4. The van der Waals surface area contributed by atoms with Crippen molar-refractivity contribution in [3.8, 4) is 5.75 Å². The summed E-state index contributed by atoms with van der Waals surface area (Å²) in [7, 11) is 0. The first-order chi connectivity index (χ1) is 16.3. The van der Waals surface area contributed by atoms with Gasteiger partial charge in [0.2, 0.25) is 5.91 Å². The second kappa shape index (κ2) is 10.6. The van der Waals surface area contributed by atoms with Gasteiger partial charge in [-0.05, 0) is 41.3 Å². The Bertz CT molecular complexity index is 993. The molecular formula is C25H30ClNO7. The van der Waals surface area contributed by atoms with Gasteiger partial charge in [0, 0.05) is 31.0 Å². The molecule has 2 aliphatic rings. The van der Waals surface area contributed by atoms with Crippen molar-refractivity contribution in [3.05, 3.63) is 64.2 Å². The molecule has 0 radical (unpaired) electrons. The first-order valence-corrected chi connectivity index (χ1v) is 11.7. The summed E-state index contributed by atoms with van der Waals surface area (Å²) in [5.41, 5.74) is 2.41. The first kappa shape index (κ1) is 24.9. The minimum Gasteiger partial charge on any atom is -0.493 e. The van der Waals surface area contributed by atoms with E-state index in [0.717, 1.165) is 30.0 Å². The van der Waals surface area contributed by atoms with E-state index in [0.29, 0.717) is 29.5 Å². The molecule has 1 amide bonds. The number of hydrogen-bond acceptors (Lipinski definition) is 7. The maximum atomic E-state index is 11.3. The Morgan fingerprint density at radius 2 is 1.79 bits per heavy atom. The van der Waals surface area contributed by atoms with Crippen LogP contribution in [0, 0.1) is 5.92 Å². The summed E-state index contributed by atoms with van der Waals surface area (Å²) in [6.45, 7) is 3.12. The summed E-state index contributed by atoms with van der Waals surface area (Å²) in [4.78, 5) is 13.1. The summed E-state index contributed by atoms with van der Waals surface area (Å²) < 4.78 is 11.5. The zero-order chi connectivity index (χ0) is 24.4. The van der Waals surface area contributed by atoms with Crippen LogP contribution in [0.25, 0.3) is 0 Å². The standard InChI is InChI=1S/C25H30ClNO7/c1-14(29)27-10-16(11-27)13-33-19-5-2-15(3-6-19)8-18-9-17(4-7-20(18)26)25-24(32)23(31)22(30)21(12-28)34-25/h2-7,9,16,21-25,28,30-32H,8,10-13H2,1H3/t21-,22-,23+,24-,25?/m1/s1. The van der Waals surface area contributed by atoms with Gasteiger partial charge in [0.15, 0.2) is 0 Å². The number of carbonyl (C=O) groups excluding carboxylic acids is 1. The van der Waals surface area contributed by atoms with Crippen molar-refractivity contribution >= 4 is 17.5 Å². The van der Waals surface area contributed by atoms with Crippen molar-refractivity contribution in [1.29, 1.82) is 0 Å². The van der Waals surface area contributed by atoms with E-state index in [1.165, 1.54) is 0 Å². The van der Waals surface area contributed by atoms with Crippen LogP contribution in [0.5, 0.6) is 5.75 Å². The second-order valence-electron chi connectivity index (χ2n) is 9.02. The average Bonchev–Trinajstić information content (AvgIpc) is 2.79. The zero-order valence-electron chi connectivity index (χ0n) is 18.9. The highest BCUT2D eigenvalue weighted by molar-refractivity contribution is 6.31. The lowest BCUT2D eigenvalue weighted by Gasteiger charge is -2.40. The topological polar surface area (TPSA) is 120 Å². The fourth-order valence-corrected chi connectivity index (χ4v) is 4.54. The molecule has 34 heavy (non-hydrogen) atoms. The summed E-state index contributed by atoms with van der Waals surface area (Å²) in [6, 6.07) is 12.9. The SMILES string of the molecule is CC(=O)N1CC(COc2ccc(Cc3cc(C4O[C@H](CO)[C@@H](O)[C@H](O)[C@H]4O)ccc3Cl)cc2)C1. The van der Waals surface area contributed by atoms with Gasteiger partial charge in [-0.15, -0.1) is 0 Å². The summed E-state index contributed by atoms with van der Waals surface area (Å²) in [6.07, 6.45) is -5.54. The third-order valence-electron chi connectivity index (χ3n) is 6.50. The van der Waals surface area contributed by atoms with Crippen LogP contribution in [0.1, 0.15) is 29.7 Å². The van der Waals surface area contributed by atoms with E-state index in [-0.39, 0.29) is 5.91 Å². The van der Waals surface area contributed by atoms with Crippen LogP contribution in [0.4, 0.5) is 0 Å². The van der Waals surface area contributed by atoms with E-state index in [9.17, 15) is 25.2 Å². The molecule has 0 aliphatic carbocycles. The van der Waals surface area contributed by atoms with Crippen molar-refractivity contribution in [2.24, 2.45) is 5.92 Å². The van der Waals surface area contributed by atoms with E-state index in [4.69, 9.17) is 21.1 Å². The van der Waals surface area contributed by atoms with Crippen LogP contribution in [-0.4, -0.2) is 82.0 Å². The van der Waals surface area contributed by atoms with Gasteiger partial charge in [0.25, 0.3) is 0 Å². The van der Waals surface area contributed by atoms with Gasteiger partial charge in [-0.1, -0.05) is 35.9 Å². The highest BCUT2D eigenvalue weighted by atomic mass is 35.5. The maximum absolute atomic E-state index is 11.3. The quantitative estimate of drug-likeness (QED) is 0.461. The number of hydrogen-bond donors (Lipinski definition) is 4. The van der Waals surface area contributed by atoms with Crippen molar-refractivity contribution in [1.82, 2.24) is 4.90 Å². The Morgan fingerprint density at radius 1 is 1.09 bits per heavy atom. The highest BCUT2D eigenvalue weighted by Gasteiger charge is 2.44. The highest BCUT2D eigenvalue weighted by Crippen LogP contribution is 2.34. The number of rotatable bonds is 7. The maximum Gasteiger partial charge on any atom is 0.219 e. The van der Waals surface area contributed by atoms with Gasteiger partial charge in [-0.2, -0.15) is 0 Å². The first-order valence-electron chi connectivity index (χ1n) is 11.3. The smallest absolute Gasteiger partial charge is 0.219 e. The average molecular weight is 492 g/mol. The van der Waals surface area contributed by atoms with Crippen molar-refractivity contribution in [3.63, 3.8) is 0 Å². The summed E-state index contributed by atoms with van der Waals surface area (Å²) in [5, 5.41) is 40.5. The minimum atomic E-state index is -1.44. The van der Waals surface area contributed by atoms with Crippen LogP contribution in [0.15, 0.2) is 42.5 Å². The Kier molecular flexibility index (Phi) is 7.77. The molecule has 2 aromatic carbocycles. The van der Waals surface area contributed by atoms with Crippen LogP contribution < -0.4 is 4.74 Å². The van der Waals surface area contributed by atoms with Gasteiger partial charge in [0.05, 0.1) is 13.2 Å². The van der Waals surface area contributed by atoms with Gasteiger partial charge < -0.3 is 34.8 Å². The van der Waals surface area contributed by atoms with Crippen LogP contribution in [-0.2, 0) is 16.0 Å². The molecule has 8 nitrogen and oxygen atoms in total. The van der Waals surface area contributed by atoms with Crippen molar-refractivity contribution in [2.75, 3.05) is 26.3 Å². The molecule has 4 rings (SSSR count). The molecule has 2 aliphatic heterocycles. The van der Waals surface area contributed by atoms with Crippen LogP contribution in [0.2, 0.25) is 5.02 Å². The molecule has 184 valence electrons. The lowest BCUT2D eigenvalue weighted by molar-refractivity contribution is -0.231. The lowest BCUT2D eigenvalue weighted by Crippen LogP contribution is -2.55. The number of nitrogens with zero attached hydrogens (tertiary/aromatic N) is 1. The molecule has 4 N–H and O–H groups in total. The van der Waals surface area contributed by atoms with Crippen LogP contribution in [0.3, 0.4) is 0 Å². The van der Waals surface area contributed by atoms with Gasteiger partial charge in [0.1, 0.15) is 36.3 Å². The number of aliphatic hydroxyl groups is 4. The molecule has 2 aromatic rings. The molecule has 0 aromatic heterocycles. The zero-order valence-corrected chi connectivity index (χ0v) is 19.6. The molecule has 0 bridgehead atoms. The molecule has 5 atom stereocenters. The van der Waals surface area contributed by atoms with E-state index in [2.05, 4.69) is 0 Å². The number of ether oxygens (including phenoxy) is 2. The number of halogens is 1. The molecule has 1 unspecified atom stereocenters. The molecule has 0 spiro atoms. The van der Waals surface area contributed by atoms with E-state index < -0.39 is 37.1 Å². The summed E-state index contributed by atoms with van der Waals surface area (Å²) in [5.74, 6) is 1.20. The molecule has 9 heteroatoms. The molecule has 2 fully saturated rings. The number of benzene rings is 2. The molecule has 0 saturated carbocycles. The van der Waals surface area contributed by atoms with Crippen LogP contribution >= 0.6 is 11.6 Å². The lowest BCUT2D eigenvalue weighted by atomic mass is 9.90.